The fourth-order valence-corrected chi connectivity index (χ4v) is 10.3. The Morgan fingerprint density at radius 1 is 0.283 bits per heavy atom. The van der Waals surface area contributed by atoms with E-state index in [0.717, 1.165) is 110 Å². The van der Waals surface area contributed by atoms with E-state index < -0.39 is 0 Å². The van der Waals surface area contributed by atoms with Gasteiger partial charge in [0.1, 0.15) is 11.6 Å². The maximum absolute atomic E-state index is 12.2. The second-order valence-corrected chi connectivity index (χ2v) is 15.6. The third-order valence-electron chi connectivity index (χ3n) is 12.6. The fourth-order valence-electron chi connectivity index (χ4n) is 10.3. The number of aromatic nitrogens is 4. The molecule has 5 nitrogen and oxygen atoms in total. The number of nitriles is 1. The summed E-state index contributed by atoms with van der Waals surface area (Å²) in [6, 6.07) is 74.1. The molecule has 4 heterocycles. The van der Waals surface area contributed by atoms with Gasteiger partial charge in [0.05, 0.1) is 61.2 Å². The van der Waals surface area contributed by atoms with Crippen LogP contribution in [-0.4, -0.2) is 18.3 Å². The monoisotopic (exact) mass is 763 g/mol. The van der Waals surface area contributed by atoms with Crippen LogP contribution in [0.1, 0.15) is 5.56 Å². The first kappa shape index (κ1) is 32.7. The van der Waals surface area contributed by atoms with E-state index in [-0.39, 0.29) is 0 Å². The molecule has 0 fully saturated rings. The lowest BCUT2D eigenvalue weighted by Gasteiger charge is -2.24. The van der Waals surface area contributed by atoms with E-state index in [2.05, 4.69) is 225 Å². The van der Waals surface area contributed by atoms with Crippen LogP contribution in [0, 0.1) is 11.3 Å². The Labute approximate surface area is 344 Å². The van der Waals surface area contributed by atoms with Crippen LogP contribution in [0.25, 0.3) is 110 Å². The van der Waals surface area contributed by atoms with Crippen molar-refractivity contribution in [3.05, 3.63) is 206 Å². The lowest BCUT2D eigenvalue weighted by Crippen LogP contribution is -2.12. The Kier molecular flexibility index (Phi) is 6.73. The molecule has 5 heteroatoms. The summed E-state index contributed by atoms with van der Waals surface area (Å²) in [6.45, 7) is 0. The van der Waals surface area contributed by atoms with Crippen molar-refractivity contribution < 1.29 is 0 Å². The molecule has 0 aliphatic carbocycles. The van der Waals surface area contributed by atoms with Crippen molar-refractivity contribution in [2.75, 3.05) is 0 Å². The lowest BCUT2D eigenvalue weighted by molar-refractivity contribution is 1.06. The summed E-state index contributed by atoms with van der Waals surface area (Å²) in [7, 11) is 0. The Bertz CT molecular complexity index is 3800. The zero-order valence-corrected chi connectivity index (χ0v) is 32.3. The molecule has 0 saturated carbocycles. The van der Waals surface area contributed by atoms with E-state index in [1.807, 2.05) is 0 Å². The van der Waals surface area contributed by atoms with Crippen LogP contribution in [0.3, 0.4) is 0 Å². The van der Waals surface area contributed by atoms with E-state index in [1.165, 1.54) is 0 Å². The molecule has 0 amide bonds. The topological polar surface area (TPSA) is 43.5 Å². The average molecular weight is 764 g/mol. The molecule has 4 aromatic heterocycles. The van der Waals surface area contributed by atoms with Gasteiger partial charge >= 0.3 is 0 Å². The van der Waals surface area contributed by atoms with Gasteiger partial charge in [-0.1, -0.05) is 146 Å². The van der Waals surface area contributed by atoms with Crippen molar-refractivity contribution in [2.24, 2.45) is 0 Å². The average Bonchev–Trinajstić information content (AvgIpc) is 4.04. The second kappa shape index (κ2) is 12.3. The van der Waals surface area contributed by atoms with Crippen LogP contribution in [-0.2, 0) is 0 Å². The molecule has 0 aliphatic rings. The first-order valence-electron chi connectivity index (χ1n) is 20.4. The number of hydrogen-bond acceptors (Lipinski definition) is 1. The van der Waals surface area contributed by atoms with Gasteiger partial charge in [0.2, 0.25) is 0 Å². The van der Waals surface area contributed by atoms with E-state index in [0.29, 0.717) is 5.56 Å². The zero-order chi connectivity index (χ0) is 39.5. The summed E-state index contributed by atoms with van der Waals surface area (Å²) in [6.07, 6.45) is 0. The van der Waals surface area contributed by atoms with Crippen molar-refractivity contribution >= 4 is 87.2 Å². The van der Waals surface area contributed by atoms with Gasteiger partial charge in [-0.3, -0.25) is 0 Å². The predicted molar refractivity (Wildman–Crippen MR) is 249 cm³/mol. The van der Waals surface area contributed by atoms with Crippen LogP contribution in [0.4, 0.5) is 0 Å². The largest absolute Gasteiger partial charge is 0.307 e. The van der Waals surface area contributed by atoms with Crippen molar-refractivity contribution in [2.45, 2.75) is 0 Å². The van der Waals surface area contributed by atoms with Crippen LogP contribution >= 0.6 is 0 Å². The fraction of sp³-hybridized carbons (Fsp3) is 0. The molecule has 60 heavy (non-hydrogen) atoms. The molecule has 0 unspecified atom stereocenters. The molecule has 0 aliphatic heterocycles. The minimum Gasteiger partial charge on any atom is -0.307 e. The van der Waals surface area contributed by atoms with Crippen LogP contribution in [0.5, 0.6) is 0 Å². The van der Waals surface area contributed by atoms with Crippen molar-refractivity contribution in [1.82, 2.24) is 18.3 Å². The molecule has 0 bridgehead atoms. The summed E-state index contributed by atoms with van der Waals surface area (Å²) >= 11 is 0. The van der Waals surface area contributed by atoms with E-state index in [4.69, 9.17) is 0 Å². The van der Waals surface area contributed by atoms with E-state index in [1.54, 1.807) is 0 Å². The summed E-state index contributed by atoms with van der Waals surface area (Å²) in [5.74, 6) is 0. The molecule has 0 spiro atoms. The highest BCUT2D eigenvalue weighted by Crippen LogP contribution is 2.50. The van der Waals surface area contributed by atoms with E-state index >= 15 is 0 Å². The number of fused-ring (bicyclic) bond motifs is 12. The minimum absolute atomic E-state index is 0.591. The maximum atomic E-state index is 12.2. The van der Waals surface area contributed by atoms with Crippen LogP contribution < -0.4 is 0 Å². The standard InChI is InChI=1S/C55H33N5/c56-34-43-52(58-44-27-11-4-20-36(44)37-21-5-12-28-45(37)58)51-42-26-10-17-33-50(42)57(35-18-2-1-3-19-35)54(51)55(60-48-31-15-8-24-40(48)41-25-9-16-32-49(41)60)53(43)59-46-29-13-6-22-38(46)39-23-7-14-30-47(39)59/h1-33H. The minimum atomic E-state index is 0.591. The summed E-state index contributed by atoms with van der Waals surface area (Å²) in [5, 5.41) is 21.1. The number of rotatable bonds is 4. The molecule has 0 radical (unpaired) electrons. The molecule has 0 N–H and O–H groups in total. The lowest BCUT2D eigenvalue weighted by atomic mass is 10.0. The maximum Gasteiger partial charge on any atom is 0.104 e. The second-order valence-electron chi connectivity index (χ2n) is 15.6. The van der Waals surface area contributed by atoms with Crippen LogP contribution in [0.2, 0.25) is 0 Å². The highest BCUT2D eigenvalue weighted by molar-refractivity contribution is 6.23. The number of nitrogens with zero attached hydrogens (tertiary/aromatic N) is 5. The molecule has 13 rings (SSSR count). The zero-order valence-electron chi connectivity index (χ0n) is 32.3. The van der Waals surface area contributed by atoms with Gasteiger partial charge in [-0.2, -0.15) is 5.26 Å². The molecular formula is C55H33N5. The van der Waals surface area contributed by atoms with Gasteiger partial charge in [-0.05, 0) is 54.6 Å². The Morgan fingerprint density at radius 2 is 0.583 bits per heavy atom. The van der Waals surface area contributed by atoms with Gasteiger partial charge in [-0.15, -0.1) is 0 Å². The molecule has 9 aromatic carbocycles. The van der Waals surface area contributed by atoms with Crippen LogP contribution in [0.15, 0.2) is 200 Å². The highest BCUT2D eigenvalue weighted by atomic mass is 15.1. The quantitative estimate of drug-likeness (QED) is 0.176. The first-order valence-corrected chi connectivity index (χ1v) is 20.4. The first-order chi connectivity index (χ1) is 29.8. The van der Waals surface area contributed by atoms with Gasteiger partial charge in [-0.25, -0.2) is 0 Å². The van der Waals surface area contributed by atoms with Crippen molar-refractivity contribution in [3.63, 3.8) is 0 Å². The number of para-hydroxylation sites is 8. The summed E-state index contributed by atoms with van der Waals surface area (Å²) in [4.78, 5) is 0. The van der Waals surface area contributed by atoms with Crippen molar-refractivity contribution in [1.29, 1.82) is 5.26 Å². The molecule has 0 saturated heterocycles. The highest BCUT2D eigenvalue weighted by Gasteiger charge is 2.33. The summed E-state index contributed by atoms with van der Waals surface area (Å²) in [5.41, 5.74) is 12.6. The number of benzene rings is 9. The van der Waals surface area contributed by atoms with Gasteiger partial charge in [0.25, 0.3) is 0 Å². The number of hydrogen-bond donors (Lipinski definition) is 0. The van der Waals surface area contributed by atoms with Gasteiger partial charge in [0, 0.05) is 48.8 Å². The molecule has 278 valence electrons. The molecule has 13 aromatic rings. The van der Waals surface area contributed by atoms with Crippen molar-refractivity contribution in [3.8, 4) is 28.8 Å². The normalized spacial score (nSPS) is 12.0. The molecule has 0 atom stereocenters. The third kappa shape index (κ3) is 4.24. The molecular weight excluding hydrogens is 731 g/mol. The Balaban J connectivity index is 1.42. The predicted octanol–water partition coefficient (Wildman–Crippen LogP) is 13.9. The van der Waals surface area contributed by atoms with Gasteiger partial charge in [0.15, 0.2) is 0 Å². The summed E-state index contributed by atoms with van der Waals surface area (Å²) < 4.78 is 9.59. The Hall–Kier alpha value is -8.33. The van der Waals surface area contributed by atoms with Gasteiger partial charge < -0.3 is 18.3 Å². The van der Waals surface area contributed by atoms with E-state index in [9.17, 15) is 5.26 Å². The smallest absolute Gasteiger partial charge is 0.104 e. The Morgan fingerprint density at radius 3 is 0.967 bits per heavy atom. The SMILES string of the molecule is N#Cc1c(-n2c3ccccc3c3ccccc32)c(-n2c3ccccc3c3ccccc32)c2c(c1-n1c3ccccc3c3ccccc31)c1ccccc1n2-c1ccccc1. The third-order valence-corrected chi connectivity index (χ3v) is 12.6.